The molecule has 0 radical (unpaired) electrons. The predicted octanol–water partition coefficient (Wildman–Crippen LogP) is 5.65. The van der Waals surface area contributed by atoms with Gasteiger partial charge in [0.25, 0.3) is 0 Å². The van der Waals surface area contributed by atoms with Gasteiger partial charge in [-0.15, -0.1) is 22.7 Å². The minimum Gasteiger partial charge on any atom is -0.192 e. The zero-order valence-electron chi connectivity index (χ0n) is 10.5. The SMILES string of the molecule is N#Cc1ccc2scc(-c3csc4ccccc34)c2c1. The molecule has 0 unspecified atom stereocenters. The molecular formula is C17H9NS2. The van der Waals surface area contributed by atoms with Crippen LogP contribution in [0.3, 0.4) is 0 Å². The van der Waals surface area contributed by atoms with Crippen molar-refractivity contribution in [3.63, 3.8) is 0 Å². The number of hydrogen-bond acceptors (Lipinski definition) is 3. The molecule has 0 atom stereocenters. The second-order valence-electron chi connectivity index (χ2n) is 4.62. The van der Waals surface area contributed by atoms with E-state index in [1.165, 1.54) is 31.3 Å². The van der Waals surface area contributed by atoms with Gasteiger partial charge in [0.1, 0.15) is 0 Å². The van der Waals surface area contributed by atoms with E-state index in [1.807, 2.05) is 18.2 Å². The Balaban J connectivity index is 2.05. The van der Waals surface area contributed by atoms with Gasteiger partial charge in [-0.05, 0) is 35.0 Å². The Morgan fingerprint density at radius 1 is 0.800 bits per heavy atom. The Kier molecular flexibility index (Phi) is 2.59. The zero-order chi connectivity index (χ0) is 13.5. The average molecular weight is 291 g/mol. The van der Waals surface area contributed by atoms with Crippen molar-refractivity contribution in [3.05, 3.63) is 58.8 Å². The van der Waals surface area contributed by atoms with Gasteiger partial charge in [-0.2, -0.15) is 5.26 Å². The molecule has 0 bridgehead atoms. The fourth-order valence-corrected chi connectivity index (χ4v) is 4.40. The number of thiophene rings is 2. The number of nitriles is 1. The minimum absolute atomic E-state index is 0.719. The fourth-order valence-electron chi connectivity index (χ4n) is 2.49. The Bertz CT molecular complexity index is 969. The summed E-state index contributed by atoms with van der Waals surface area (Å²) in [6.07, 6.45) is 0. The molecule has 4 aromatic rings. The Hall–Kier alpha value is -2.15. The zero-order valence-corrected chi connectivity index (χ0v) is 12.1. The quantitative estimate of drug-likeness (QED) is 0.444. The summed E-state index contributed by atoms with van der Waals surface area (Å²) in [5.41, 5.74) is 3.23. The first-order chi connectivity index (χ1) is 9.86. The van der Waals surface area contributed by atoms with Crippen molar-refractivity contribution >= 4 is 42.8 Å². The number of nitrogens with zero attached hydrogens (tertiary/aromatic N) is 1. The van der Waals surface area contributed by atoms with E-state index in [0.29, 0.717) is 0 Å². The molecule has 2 aromatic heterocycles. The Morgan fingerprint density at radius 2 is 1.50 bits per heavy atom. The van der Waals surface area contributed by atoms with Crippen LogP contribution in [0.5, 0.6) is 0 Å². The summed E-state index contributed by atoms with van der Waals surface area (Å²) in [5.74, 6) is 0. The highest BCUT2D eigenvalue weighted by atomic mass is 32.1. The lowest BCUT2D eigenvalue weighted by Gasteiger charge is -1.99. The first-order valence-corrected chi connectivity index (χ1v) is 8.01. The third kappa shape index (κ3) is 1.66. The molecule has 0 amide bonds. The number of benzene rings is 2. The fraction of sp³-hybridized carbons (Fsp3) is 0. The van der Waals surface area contributed by atoms with Crippen molar-refractivity contribution < 1.29 is 0 Å². The van der Waals surface area contributed by atoms with Crippen LogP contribution in [0.1, 0.15) is 5.56 Å². The van der Waals surface area contributed by atoms with E-state index < -0.39 is 0 Å². The van der Waals surface area contributed by atoms with E-state index in [2.05, 4.69) is 41.1 Å². The minimum atomic E-state index is 0.719. The van der Waals surface area contributed by atoms with Crippen LogP contribution in [0.25, 0.3) is 31.3 Å². The third-order valence-electron chi connectivity index (χ3n) is 3.47. The molecule has 3 heteroatoms. The molecule has 94 valence electrons. The molecule has 0 N–H and O–H groups in total. The normalized spacial score (nSPS) is 10.9. The summed E-state index contributed by atoms with van der Waals surface area (Å²) in [7, 11) is 0. The smallest absolute Gasteiger partial charge is 0.0991 e. The number of hydrogen-bond donors (Lipinski definition) is 0. The molecule has 0 saturated carbocycles. The largest absolute Gasteiger partial charge is 0.192 e. The van der Waals surface area contributed by atoms with E-state index in [1.54, 1.807) is 22.7 Å². The molecule has 20 heavy (non-hydrogen) atoms. The Morgan fingerprint density at radius 3 is 2.30 bits per heavy atom. The van der Waals surface area contributed by atoms with Gasteiger partial charge in [0.05, 0.1) is 11.6 Å². The summed E-state index contributed by atoms with van der Waals surface area (Å²) in [6, 6.07) is 16.6. The van der Waals surface area contributed by atoms with Crippen molar-refractivity contribution in [1.82, 2.24) is 0 Å². The summed E-state index contributed by atoms with van der Waals surface area (Å²) in [4.78, 5) is 0. The van der Waals surface area contributed by atoms with Gasteiger partial charge in [0.15, 0.2) is 0 Å². The van der Waals surface area contributed by atoms with Crippen LogP contribution in [0, 0.1) is 11.3 Å². The first kappa shape index (κ1) is 11.7. The van der Waals surface area contributed by atoms with Gasteiger partial charge in [0.2, 0.25) is 0 Å². The van der Waals surface area contributed by atoms with E-state index >= 15 is 0 Å². The van der Waals surface area contributed by atoms with Crippen molar-refractivity contribution in [3.8, 4) is 17.2 Å². The van der Waals surface area contributed by atoms with Crippen LogP contribution in [-0.4, -0.2) is 0 Å². The molecule has 0 aliphatic heterocycles. The van der Waals surface area contributed by atoms with Gasteiger partial charge in [0, 0.05) is 31.3 Å². The van der Waals surface area contributed by atoms with Crippen LogP contribution in [-0.2, 0) is 0 Å². The maximum absolute atomic E-state index is 9.08. The van der Waals surface area contributed by atoms with E-state index in [-0.39, 0.29) is 0 Å². The highest BCUT2D eigenvalue weighted by molar-refractivity contribution is 7.18. The summed E-state index contributed by atoms with van der Waals surface area (Å²) < 4.78 is 2.53. The molecule has 2 aromatic carbocycles. The van der Waals surface area contributed by atoms with Gasteiger partial charge < -0.3 is 0 Å². The molecule has 4 rings (SSSR count). The molecule has 0 fully saturated rings. The van der Waals surface area contributed by atoms with Crippen LogP contribution in [0.15, 0.2) is 53.2 Å². The lowest BCUT2D eigenvalue weighted by Crippen LogP contribution is -1.76. The van der Waals surface area contributed by atoms with Crippen molar-refractivity contribution in [2.24, 2.45) is 0 Å². The van der Waals surface area contributed by atoms with Crippen LogP contribution >= 0.6 is 22.7 Å². The summed E-state index contributed by atoms with van der Waals surface area (Å²) in [5, 5.41) is 16.0. The van der Waals surface area contributed by atoms with Crippen molar-refractivity contribution in [2.45, 2.75) is 0 Å². The Labute approximate surface area is 124 Å². The summed E-state index contributed by atoms with van der Waals surface area (Å²) >= 11 is 3.51. The van der Waals surface area contributed by atoms with Crippen LogP contribution in [0.2, 0.25) is 0 Å². The number of fused-ring (bicyclic) bond motifs is 2. The second-order valence-corrected chi connectivity index (χ2v) is 6.44. The van der Waals surface area contributed by atoms with Crippen LogP contribution < -0.4 is 0 Å². The van der Waals surface area contributed by atoms with Crippen molar-refractivity contribution in [1.29, 1.82) is 5.26 Å². The van der Waals surface area contributed by atoms with Gasteiger partial charge in [-0.25, -0.2) is 0 Å². The number of rotatable bonds is 1. The second kappa shape index (κ2) is 4.45. The monoisotopic (exact) mass is 291 g/mol. The van der Waals surface area contributed by atoms with Gasteiger partial charge in [-0.1, -0.05) is 18.2 Å². The highest BCUT2D eigenvalue weighted by Crippen LogP contribution is 2.40. The topological polar surface area (TPSA) is 23.8 Å². The average Bonchev–Trinajstić information content (AvgIpc) is 3.09. The molecule has 0 aliphatic carbocycles. The van der Waals surface area contributed by atoms with Crippen LogP contribution in [0.4, 0.5) is 0 Å². The molecular weight excluding hydrogens is 282 g/mol. The molecule has 0 saturated heterocycles. The van der Waals surface area contributed by atoms with E-state index in [4.69, 9.17) is 5.26 Å². The van der Waals surface area contributed by atoms with E-state index in [9.17, 15) is 0 Å². The van der Waals surface area contributed by atoms with Gasteiger partial charge in [-0.3, -0.25) is 0 Å². The maximum atomic E-state index is 9.08. The van der Waals surface area contributed by atoms with E-state index in [0.717, 1.165) is 5.56 Å². The lowest BCUT2D eigenvalue weighted by atomic mass is 10.0. The third-order valence-corrected chi connectivity index (χ3v) is 5.40. The first-order valence-electron chi connectivity index (χ1n) is 6.25. The predicted molar refractivity (Wildman–Crippen MR) is 87.4 cm³/mol. The molecule has 2 heterocycles. The highest BCUT2D eigenvalue weighted by Gasteiger charge is 2.11. The maximum Gasteiger partial charge on any atom is 0.0991 e. The summed E-state index contributed by atoms with van der Waals surface area (Å²) in [6.45, 7) is 0. The molecule has 0 spiro atoms. The lowest BCUT2D eigenvalue weighted by molar-refractivity contribution is 1.50. The molecule has 1 nitrogen and oxygen atoms in total. The van der Waals surface area contributed by atoms with Gasteiger partial charge >= 0.3 is 0 Å². The molecule has 0 aliphatic rings. The van der Waals surface area contributed by atoms with Crippen molar-refractivity contribution in [2.75, 3.05) is 0 Å². The standard InChI is InChI=1S/C17H9NS2/c18-8-11-5-6-17-13(7-11)15(10-20-17)14-9-19-16-4-2-1-3-12(14)16/h1-7,9-10H.